The van der Waals surface area contributed by atoms with Crippen molar-refractivity contribution in [2.24, 2.45) is 0 Å². The highest BCUT2D eigenvalue weighted by atomic mass is 79.9. The number of piperazine rings is 1. The van der Waals surface area contributed by atoms with Gasteiger partial charge < -0.3 is 9.88 Å². The molecular formula is C25H23BrN4O3S. The van der Waals surface area contributed by atoms with Gasteiger partial charge in [-0.2, -0.15) is 4.31 Å². The van der Waals surface area contributed by atoms with Gasteiger partial charge in [-0.3, -0.25) is 4.79 Å². The number of carbonyl (C=O) groups is 1. The van der Waals surface area contributed by atoms with E-state index in [-0.39, 0.29) is 23.9 Å². The number of nitrogens with zero attached hydrogens (tertiary/aromatic N) is 3. The number of hydrogen-bond acceptors (Lipinski definition) is 4. The molecule has 0 aliphatic carbocycles. The average Bonchev–Trinajstić information content (AvgIpc) is 3.29. The number of hydrogen-bond donors (Lipinski definition) is 1. The Morgan fingerprint density at radius 3 is 2.29 bits per heavy atom. The van der Waals surface area contributed by atoms with Crippen molar-refractivity contribution in [1.29, 1.82) is 0 Å². The van der Waals surface area contributed by atoms with Crippen LogP contribution in [-0.2, 0) is 10.0 Å². The predicted molar refractivity (Wildman–Crippen MR) is 135 cm³/mol. The van der Waals surface area contributed by atoms with Crippen LogP contribution < -0.4 is 0 Å². The molecular weight excluding hydrogens is 516 g/mol. The third-order valence-electron chi connectivity index (χ3n) is 6.08. The summed E-state index contributed by atoms with van der Waals surface area (Å²) in [7, 11) is -3.64. The first-order valence-electron chi connectivity index (χ1n) is 10.9. The minimum absolute atomic E-state index is 0.0966. The topological polar surface area (TPSA) is 86.4 Å². The molecule has 1 N–H and O–H groups in total. The van der Waals surface area contributed by atoms with Gasteiger partial charge in [-0.15, -0.1) is 0 Å². The molecule has 2 heterocycles. The smallest absolute Gasteiger partial charge is 0.253 e. The number of halogens is 1. The number of benzene rings is 3. The standard InChI is InChI=1S/C25H23BrN4O3S/c1-17-27-16-24(28-17)18-2-4-19(5-3-18)25(31)29-10-12-30(13-11-29)34(32,33)23-9-7-20-14-22(26)8-6-21(20)15-23/h2-9,14-16H,10-13H2,1H3,(H,27,28). The lowest BCUT2D eigenvalue weighted by atomic mass is 10.1. The van der Waals surface area contributed by atoms with Gasteiger partial charge in [0.2, 0.25) is 10.0 Å². The van der Waals surface area contributed by atoms with Crippen molar-refractivity contribution < 1.29 is 13.2 Å². The van der Waals surface area contributed by atoms with E-state index in [1.807, 2.05) is 43.3 Å². The molecule has 0 unspecified atom stereocenters. The van der Waals surface area contributed by atoms with E-state index in [2.05, 4.69) is 25.9 Å². The summed E-state index contributed by atoms with van der Waals surface area (Å²) in [5.41, 5.74) is 2.43. The largest absolute Gasteiger partial charge is 0.342 e. The maximum Gasteiger partial charge on any atom is 0.253 e. The number of imidazole rings is 1. The van der Waals surface area contributed by atoms with E-state index in [1.165, 1.54) is 4.31 Å². The Hall–Kier alpha value is -3.01. The highest BCUT2D eigenvalue weighted by Gasteiger charge is 2.30. The molecule has 1 aliphatic heterocycles. The summed E-state index contributed by atoms with van der Waals surface area (Å²) in [6.07, 6.45) is 1.76. The Morgan fingerprint density at radius 1 is 0.941 bits per heavy atom. The van der Waals surface area contributed by atoms with E-state index in [0.717, 1.165) is 32.3 Å². The first-order chi connectivity index (χ1) is 16.3. The number of aromatic nitrogens is 2. The zero-order valence-corrected chi connectivity index (χ0v) is 20.9. The van der Waals surface area contributed by atoms with Crippen LogP contribution in [0.5, 0.6) is 0 Å². The molecule has 1 amide bonds. The quantitative estimate of drug-likeness (QED) is 0.416. The maximum atomic E-state index is 13.2. The third kappa shape index (κ3) is 4.38. The van der Waals surface area contributed by atoms with E-state index in [1.54, 1.807) is 35.4 Å². The molecule has 4 aromatic rings. The molecule has 0 bridgehead atoms. The van der Waals surface area contributed by atoms with Crippen molar-refractivity contribution in [3.8, 4) is 11.3 Å². The molecule has 1 fully saturated rings. The second-order valence-electron chi connectivity index (χ2n) is 8.31. The SMILES string of the molecule is Cc1ncc(-c2ccc(C(=O)N3CCN(S(=O)(=O)c4ccc5cc(Br)ccc5c4)CC3)cc2)[nH]1. The van der Waals surface area contributed by atoms with E-state index in [4.69, 9.17) is 0 Å². The van der Waals surface area contributed by atoms with Crippen LogP contribution in [0, 0.1) is 6.92 Å². The van der Waals surface area contributed by atoms with Crippen LogP contribution in [0.2, 0.25) is 0 Å². The monoisotopic (exact) mass is 538 g/mol. The van der Waals surface area contributed by atoms with Gasteiger partial charge in [0.25, 0.3) is 5.91 Å². The number of aromatic amines is 1. The van der Waals surface area contributed by atoms with Crippen LogP contribution >= 0.6 is 15.9 Å². The molecule has 1 saturated heterocycles. The summed E-state index contributed by atoms with van der Waals surface area (Å²) >= 11 is 3.44. The van der Waals surface area contributed by atoms with Gasteiger partial charge in [0.05, 0.1) is 16.8 Å². The van der Waals surface area contributed by atoms with Gasteiger partial charge in [-0.05, 0) is 59.7 Å². The number of fused-ring (bicyclic) bond motifs is 1. The summed E-state index contributed by atoms with van der Waals surface area (Å²) in [6, 6.07) is 18.3. The highest BCUT2D eigenvalue weighted by molar-refractivity contribution is 9.10. The fourth-order valence-corrected chi connectivity index (χ4v) is 6.02. The van der Waals surface area contributed by atoms with Crippen LogP contribution in [0.4, 0.5) is 0 Å². The van der Waals surface area contributed by atoms with Crippen molar-refractivity contribution in [2.75, 3.05) is 26.2 Å². The molecule has 7 nitrogen and oxygen atoms in total. The molecule has 1 aromatic heterocycles. The third-order valence-corrected chi connectivity index (χ3v) is 8.47. The number of nitrogens with one attached hydrogen (secondary N) is 1. The molecule has 0 spiro atoms. The fourth-order valence-electron chi connectivity index (χ4n) is 4.18. The number of carbonyl (C=O) groups excluding carboxylic acids is 1. The fraction of sp³-hybridized carbons (Fsp3) is 0.200. The Balaban J connectivity index is 1.26. The number of sulfonamides is 1. The summed E-state index contributed by atoms with van der Waals surface area (Å²) in [5.74, 6) is 0.736. The molecule has 5 rings (SSSR count). The van der Waals surface area contributed by atoms with E-state index >= 15 is 0 Å². The summed E-state index contributed by atoms with van der Waals surface area (Å²) < 4.78 is 28.9. The van der Waals surface area contributed by atoms with Gasteiger partial charge in [-0.1, -0.05) is 40.2 Å². The number of aryl methyl sites for hydroxylation is 1. The van der Waals surface area contributed by atoms with Gasteiger partial charge >= 0.3 is 0 Å². The van der Waals surface area contributed by atoms with Gasteiger partial charge in [0.15, 0.2) is 0 Å². The lowest BCUT2D eigenvalue weighted by Crippen LogP contribution is -2.50. The van der Waals surface area contributed by atoms with Gasteiger partial charge in [0.1, 0.15) is 5.82 Å². The molecule has 34 heavy (non-hydrogen) atoms. The van der Waals surface area contributed by atoms with E-state index in [9.17, 15) is 13.2 Å². The molecule has 9 heteroatoms. The van der Waals surface area contributed by atoms with Crippen molar-refractivity contribution in [3.63, 3.8) is 0 Å². The summed E-state index contributed by atoms with van der Waals surface area (Å²) in [4.78, 5) is 22.3. The van der Waals surface area contributed by atoms with Crippen LogP contribution in [-0.4, -0.2) is 59.7 Å². The Bertz CT molecular complexity index is 1470. The second kappa shape index (κ2) is 8.98. The molecule has 0 atom stereocenters. The molecule has 0 radical (unpaired) electrons. The normalized spacial score (nSPS) is 15.1. The minimum Gasteiger partial charge on any atom is -0.342 e. The Morgan fingerprint density at radius 2 is 1.62 bits per heavy atom. The lowest BCUT2D eigenvalue weighted by molar-refractivity contribution is 0.0698. The second-order valence-corrected chi connectivity index (χ2v) is 11.2. The molecule has 1 aliphatic rings. The first kappa shape index (κ1) is 22.8. The number of amides is 1. The summed E-state index contributed by atoms with van der Waals surface area (Å²) in [5, 5.41) is 1.84. The molecule has 174 valence electrons. The minimum atomic E-state index is -3.64. The molecule has 3 aromatic carbocycles. The van der Waals surface area contributed by atoms with Crippen LogP contribution in [0.1, 0.15) is 16.2 Å². The van der Waals surface area contributed by atoms with Gasteiger partial charge in [-0.25, -0.2) is 13.4 Å². The van der Waals surface area contributed by atoms with Crippen molar-refractivity contribution >= 4 is 42.6 Å². The zero-order valence-electron chi connectivity index (χ0n) is 18.5. The van der Waals surface area contributed by atoms with Crippen LogP contribution in [0.25, 0.3) is 22.0 Å². The molecule has 0 saturated carbocycles. The highest BCUT2D eigenvalue weighted by Crippen LogP contribution is 2.26. The maximum absolute atomic E-state index is 13.2. The van der Waals surface area contributed by atoms with E-state index in [0.29, 0.717) is 18.7 Å². The average molecular weight is 539 g/mol. The van der Waals surface area contributed by atoms with Crippen LogP contribution in [0.15, 0.2) is 76.2 Å². The lowest BCUT2D eigenvalue weighted by Gasteiger charge is -2.34. The van der Waals surface area contributed by atoms with E-state index < -0.39 is 10.0 Å². The van der Waals surface area contributed by atoms with Crippen molar-refractivity contribution in [2.45, 2.75) is 11.8 Å². The zero-order chi connectivity index (χ0) is 23.9. The Labute approximate surface area is 206 Å². The number of H-pyrrole nitrogens is 1. The van der Waals surface area contributed by atoms with Crippen molar-refractivity contribution in [1.82, 2.24) is 19.2 Å². The number of rotatable bonds is 4. The summed E-state index contributed by atoms with van der Waals surface area (Å²) in [6.45, 7) is 3.11. The predicted octanol–water partition coefficient (Wildman–Crippen LogP) is 4.45. The van der Waals surface area contributed by atoms with Gasteiger partial charge in [0, 0.05) is 36.2 Å². The Kier molecular flexibility index (Phi) is 6.01. The van der Waals surface area contributed by atoms with Crippen molar-refractivity contribution in [3.05, 3.63) is 82.7 Å². The van der Waals surface area contributed by atoms with Crippen LogP contribution in [0.3, 0.4) is 0 Å². The first-order valence-corrected chi connectivity index (χ1v) is 13.2.